The summed E-state index contributed by atoms with van der Waals surface area (Å²) in [6.07, 6.45) is 4.80. The minimum atomic E-state index is -0.334. The number of aliphatic hydroxyl groups excluding tert-OH is 1. The summed E-state index contributed by atoms with van der Waals surface area (Å²) in [6.45, 7) is 8.02. The van der Waals surface area contributed by atoms with Gasteiger partial charge < -0.3 is 9.52 Å². The van der Waals surface area contributed by atoms with Crippen LogP contribution in [0.1, 0.15) is 28.4 Å². The molecule has 114 valence electrons. The Hall–Kier alpha value is -1.36. The highest BCUT2D eigenvalue weighted by atomic mass is 32.1. The van der Waals surface area contributed by atoms with Crippen molar-refractivity contribution in [2.45, 2.75) is 39.0 Å². The van der Waals surface area contributed by atoms with Gasteiger partial charge in [0.1, 0.15) is 5.76 Å². The number of thiophene rings is 1. The second-order valence-electron chi connectivity index (χ2n) is 5.28. The van der Waals surface area contributed by atoms with E-state index >= 15 is 0 Å². The van der Waals surface area contributed by atoms with E-state index in [0.717, 1.165) is 31.7 Å². The van der Waals surface area contributed by atoms with Crippen LogP contribution < -0.4 is 0 Å². The lowest BCUT2D eigenvalue weighted by Gasteiger charge is -2.23. The minimum absolute atomic E-state index is 0.334. The monoisotopic (exact) mass is 305 g/mol. The van der Waals surface area contributed by atoms with Gasteiger partial charge in [-0.25, -0.2) is 0 Å². The van der Waals surface area contributed by atoms with Crippen LogP contribution in [0.15, 0.2) is 47.6 Å². The number of aliphatic hydroxyl groups is 1. The number of hydrogen-bond acceptors (Lipinski definition) is 4. The molecule has 3 nitrogen and oxygen atoms in total. The molecule has 0 aromatic carbocycles. The Morgan fingerprint density at radius 3 is 2.86 bits per heavy atom. The van der Waals surface area contributed by atoms with Crippen LogP contribution in [0.4, 0.5) is 0 Å². The van der Waals surface area contributed by atoms with E-state index < -0.39 is 0 Å². The fourth-order valence-corrected chi connectivity index (χ4v) is 3.23. The third-order valence-electron chi connectivity index (χ3n) is 3.31. The molecule has 0 saturated carbocycles. The van der Waals surface area contributed by atoms with Crippen LogP contribution in [0, 0.1) is 6.92 Å². The van der Waals surface area contributed by atoms with Gasteiger partial charge >= 0.3 is 0 Å². The molecule has 2 aromatic rings. The topological polar surface area (TPSA) is 36.6 Å². The van der Waals surface area contributed by atoms with Crippen LogP contribution in [0.25, 0.3) is 0 Å². The summed E-state index contributed by atoms with van der Waals surface area (Å²) in [5, 5.41) is 10.1. The number of rotatable bonds is 9. The van der Waals surface area contributed by atoms with Crippen molar-refractivity contribution in [2.75, 3.05) is 6.54 Å². The lowest BCUT2D eigenvalue weighted by Crippen LogP contribution is -2.31. The smallest absolute Gasteiger partial charge is 0.117 e. The molecular formula is C17H23NO2S. The van der Waals surface area contributed by atoms with Gasteiger partial charge in [0.15, 0.2) is 0 Å². The highest BCUT2D eigenvalue weighted by Crippen LogP contribution is 2.19. The van der Waals surface area contributed by atoms with Gasteiger partial charge in [-0.05, 0) is 44.0 Å². The molecule has 0 saturated heterocycles. The van der Waals surface area contributed by atoms with Gasteiger partial charge in [-0.15, -0.1) is 17.9 Å². The van der Waals surface area contributed by atoms with Crippen LogP contribution in [0.3, 0.4) is 0 Å². The summed E-state index contributed by atoms with van der Waals surface area (Å²) in [6, 6.07) is 8.17. The Morgan fingerprint density at radius 1 is 1.38 bits per heavy atom. The van der Waals surface area contributed by atoms with Crippen molar-refractivity contribution >= 4 is 11.3 Å². The third kappa shape index (κ3) is 5.50. The molecule has 0 aliphatic carbocycles. The molecule has 2 heterocycles. The zero-order valence-electron chi connectivity index (χ0n) is 12.5. The largest absolute Gasteiger partial charge is 0.468 e. The molecule has 0 bridgehead atoms. The fourth-order valence-electron chi connectivity index (χ4n) is 2.30. The first-order valence-electron chi connectivity index (χ1n) is 7.26. The number of furan rings is 1. The van der Waals surface area contributed by atoms with Gasteiger partial charge in [0, 0.05) is 22.8 Å². The summed E-state index contributed by atoms with van der Waals surface area (Å²) >= 11 is 1.80. The van der Waals surface area contributed by atoms with Gasteiger partial charge in [0.05, 0.1) is 18.9 Å². The van der Waals surface area contributed by atoms with Crippen LogP contribution in [-0.2, 0) is 13.1 Å². The summed E-state index contributed by atoms with van der Waals surface area (Å²) in [7, 11) is 0. The highest BCUT2D eigenvalue weighted by molar-refractivity contribution is 7.11. The molecule has 4 heteroatoms. The molecule has 0 spiro atoms. The summed E-state index contributed by atoms with van der Waals surface area (Å²) in [5.41, 5.74) is 0. The van der Waals surface area contributed by atoms with Gasteiger partial charge in [0.2, 0.25) is 0 Å². The van der Waals surface area contributed by atoms with Crippen LogP contribution in [0.5, 0.6) is 0 Å². The van der Waals surface area contributed by atoms with E-state index in [-0.39, 0.29) is 6.10 Å². The lowest BCUT2D eigenvalue weighted by atomic mass is 10.2. The average molecular weight is 305 g/mol. The van der Waals surface area contributed by atoms with E-state index in [1.54, 1.807) is 17.6 Å². The van der Waals surface area contributed by atoms with Gasteiger partial charge in [-0.2, -0.15) is 0 Å². The Bertz CT molecular complexity index is 533. The summed E-state index contributed by atoms with van der Waals surface area (Å²) in [4.78, 5) is 4.86. The van der Waals surface area contributed by atoms with Crippen molar-refractivity contribution in [1.29, 1.82) is 0 Å². The van der Waals surface area contributed by atoms with E-state index in [0.29, 0.717) is 6.54 Å². The second kappa shape index (κ2) is 8.17. The molecule has 0 radical (unpaired) electrons. The molecule has 21 heavy (non-hydrogen) atoms. The van der Waals surface area contributed by atoms with E-state index in [1.165, 1.54) is 9.75 Å². The molecule has 0 amide bonds. The Kier molecular flexibility index (Phi) is 6.23. The maximum Gasteiger partial charge on any atom is 0.117 e. The summed E-state index contributed by atoms with van der Waals surface area (Å²) < 4.78 is 5.43. The van der Waals surface area contributed by atoms with E-state index in [2.05, 4.69) is 30.5 Å². The molecule has 0 unspecified atom stereocenters. The maximum atomic E-state index is 10.1. The Balaban J connectivity index is 1.97. The van der Waals surface area contributed by atoms with Crippen molar-refractivity contribution < 1.29 is 9.52 Å². The van der Waals surface area contributed by atoms with Crippen molar-refractivity contribution in [1.82, 2.24) is 4.90 Å². The van der Waals surface area contributed by atoms with Crippen molar-refractivity contribution in [3.63, 3.8) is 0 Å². The first-order chi connectivity index (χ1) is 10.2. The van der Waals surface area contributed by atoms with Crippen LogP contribution >= 0.6 is 11.3 Å². The first kappa shape index (κ1) is 16.0. The van der Waals surface area contributed by atoms with Crippen molar-refractivity contribution in [3.05, 3.63) is 58.7 Å². The molecule has 1 atom stereocenters. The van der Waals surface area contributed by atoms with Gasteiger partial charge in [-0.1, -0.05) is 6.08 Å². The van der Waals surface area contributed by atoms with Crippen molar-refractivity contribution in [3.8, 4) is 0 Å². The van der Waals surface area contributed by atoms with E-state index in [4.69, 9.17) is 4.42 Å². The van der Waals surface area contributed by atoms with Gasteiger partial charge in [0.25, 0.3) is 0 Å². The normalized spacial score (nSPS) is 12.7. The lowest BCUT2D eigenvalue weighted by molar-refractivity contribution is 0.0950. The summed E-state index contributed by atoms with van der Waals surface area (Å²) in [5.74, 6) is 0.930. The minimum Gasteiger partial charge on any atom is -0.468 e. The third-order valence-corrected chi connectivity index (χ3v) is 4.29. The quantitative estimate of drug-likeness (QED) is 0.712. The Labute approximate surface area is 130 Å². The number of hydrogen-bond donors (Lipinski definition) is 1. The van der Waals surface area contributed by atoms with Crippen LogP contribution in [0.2, 0.25) is 0 Å². The SMILES string of the molecule is C=CCC[C@H](O)CN(Cc1ccco1)Cc1ccc(C)s1. The first-order valence-corrected chi connectivity index (χ1v) is 8.08. The van der Waals surface area contributed by atoms with E-state index in [1.807, 2.05) is 18.2 Å². The molecule has 1 N–H and O–H groups in total. The van der Waals surface area contributed by atoms with E-state index in [9.17, 15) is 5.11 Å². The van der Waals surface area contributed by atoms with Crippen LogP contribution in [-0.4, -0.2) is 22.7 Å². The number of nitrogens with zero attached hydrogens (tertiary/aromatic N) is 1. The second-order valence-corrected chi connectivity index (χ2v) is 6.65. The fraction of sp³-hybridized carbons (Fsp3) is 0.412. The molecule has 2 aromatic heterocycles. The molecule has 0 fully saturated rings. The Morgan fingerprint density at radius 2 is 2.24 bits per heavy atom. The highest BCUT2D eigenvalue weighted by Gasteiger charge is 2.14. The molecular weight excluding hydrogens is 282 g/mol. The number of allylic oxidation sites excluding steroid dienone is 1. The molecule has 0 aliphatic heterocycles. The zero-order valence-corrected chi connectivity index (χ0v) is 13.3. The predicted molar refractivity (Wildman–Crippen MR) is 87.3 cm³/mol. The molecule has 2 rings (SSSR count). The number of aryl methyl sites for hydroxylation is 1. The average Bonchev–Trinajstić information content (AvgIpc) is 3.08. The van der Waals surface area contributed by atoms with Crippen molar-refractivity contribution in [2.24, 2.45) is 0 Å². The standard InChI is InChI=1S/C17H23NO2S/c1-3-4-6-15(19)11-18(12-16-7-5-10-20-16)13-17-9-8-14(2)21-17/h3,5,7-10,15,19H,1,4,6,11-13H2,2H3/t15-/m0/s1. The van der Waals surface area contributed by atoms with Gasteiger partial charge in [-0.3, -0.25) is 4.90 Å². The molecule has 0 aliphatic rings. The maximum absolute atomic E-state index is 10.1. The zero-order chi connectivity index (χ0) is 15.1. The predicted octanol–water partition coefficient (Wildman–Crippen LogP) is 3.98.